The average Bonchev–Trinajstić information content (AvgIpc) is 2.85. The molecule has 2 heterocycles. The van der Waals surface area contributed by atoms with Gasteiger partial charge in [-0.2, -0.15) is 0 Å². The van der Waals surface area contributed by atoms with Gasteiger partial charge in [0.15, 0.2) is 5.11 Å². The molecule has 0 radical (unpaired) electrons. The zero-order valence-electron chi connectivity index (χ0n) is 15.5. The number of aromatic nitrogens is 1. The minimum Gasteiger partial charge on any atom is -0.318 e. The number of aryl methyl sites for hydroxylation is 3. The second-order valence-corrected chi connectivity index (χ2v) is 7.02. The molecule has 0 saturated carbocycles. The summed E-state index contributed by atoms with van der Waals surface area (Å²) in [6.07, 6.45) is 1.64. The Kier molecular flexibility index (Phi) is 4.54. The predicted molar refractivity (Wildman–Crippen MR) is 106 cm³/mol. The second kappa shape index (κ2) is 6.53. The van der Waals surface area contributed by atoms with Gasteiger partial charge in [0.25, 0.3) is 11.8 Å². The summed E-state index contributed by atoms with van der Waals surface area (Å²) in [5.74, 6) is -0.857. The normalized spacial score (nSPS) is 16.4. The number of hydrogen-bond acceptors (Lipinski definition) is 3. The molecular formula is C20H21N3O2S. The van der Waals surface area contributed by atoms with Crippen molar-refractivity contribution >= 4 is 35.2 Å². The van der Waals surface area contributed by atoms with Gasteiger partial charge < -0.3 is 4.57 Å². The van der Waals surface area contributed by atoms with Gasteiger partial charge >= 0.3 is 0 Å². The fourth-order valence-electron chi connectivity index (χ4n) is 3.17. The maximum absolute atomic E-state index is 12.4. The van der Waals surface area contributed by atoms with E-state index in [2.05, 4.69) is 41.9 Å². The van der Waals surface area contributed by atoms with E-state index in [1.807, 2.05) is 19.9 Å². The number of rotatable bonds is 2. The SMILES string of the molecule is Cc1ccc(C)c(-n2c(C)cc(/C=C3\C(=O)NC(=S)N(C)C3=O)c2C)c1. The Bertz CT molecular complexity index is 985. The molecule has 1 aromatic heterocycles. The topological polar surface area (TPSA) is 54.3 Å². The molecule has 1 saturated heterocycles. The van der Waals surface area contributed by atoms with E-state index in [1.54, 1.807) is 13.1 Å². The Morgan fingerprint density at radius 1 is 1.08 bits per heavy atom. The second-order valence-electron chi connectivity index (χ2n) is 6.63. The Hall–Kier alpha value is -2.73. The first-order chi connectivity index (χ1) is 12.2. The van der Waals surface area contributed by atoms with Gasteiger partial charge in [0, 0.05) is 24.1 Å². The van der Waals surface area contributed by atoms with E-state index in [9.17, 15) is 9.59 Å². The van der Waals surface area contributed by atoms with Crippen molar-refractivity contribution in [3.63, 3.8) is 0 Å². The van der Waals surface area contributed by atoms with Crippen LogP contribution in [0, 0.1) is 27.7 Å². The molecule has 134 valence electrons. The van der Waals surface area contributed by atoms with Crippen molar-refractivity contribution in [2.24, 2.45) is 0 Å². The Morgan fingerprint density at radius 3 is 2.46 bits per heavy atom. The highest BCUT2D eigenvalue weighted by Gasteiger charge is 2.31. The van der Waals surface area contributed by atoms with Crippen LogP contribution in [0.1, 0.15) is 28.1 Å². The molecule has 0 unspecified atom stereocenters. The Labute approximate surface area is 158 Å². The maximum atomic E-state index is 12.4. The third-order valence-corrected chi connectivity index (χ3v) is 5.06. The van der Waals surface area contributed by atoms with E-state index >= 15 is 0 Å². The summed E-state index contributed by atoms with van der Waals surface area (Å²) in [7, 11) is 1.55. The van der Waals surface area contributed by atoms with Crippen molar-refractivity contribution in [3.05, 3.63) is 57.9 Å². The summed E-state index contributed by atoms with van der Waals surface area (Å²) in [6, 6.07) is 8.30. The highest BCUT2D eigenvalue weighted by Crippen LogP contribution is 2.26. The van der Waals surface area contributed by atoms with Gasteiger partial charge in [0.05, 0.1) is 0 Å². The smallest absolute Gasteiger partial charge is 0.265 e. The Balaban J connectivity index is 2.12. The van der Waals surface area contributed by atoms with Gasteiger partial charge in [-0.05, 0) is 74.8 Å². The van der Waals surface area contributed by atoms with Crippen LogP contribution >= 0.6 is 12.2 Å². The van der Waals surface area contributed by atoms with E-state index < -0.39 is 11.8 Å². The molecule has 5 nitrogen and oxygen atoms in total. The molecule has 0 atom stereocenters. The Morgan fingerprint density at radius 2 is 1.77 bits per heavy atom. The van der Waals surface area contributed by atoms with Gasteiger partial charge in [0.2, 0.25) is 0 Å². The van der Waals surface area contributed by atoms with Crippen LogP contribution in [0.25, 0.3) is 11.8 Å². The highest BCUT2D eigenvalue weighted by molar-refractivity contribution is 7.80. The number of nitrogens with zero attached hydrogens (tertiary/aromatic N) is 2. The molecule has 1 aliphatic heterocycles. The highest BCUT2D eigenvalue weighted by atomic mass is 32.1. The minimum atomic E-state index is -0.463. The minimum absolute atomic E-state index is 0.0855. The molecular weight excluding hydrogens is 346 g/mol. The zero-order chi connectivity index (χ0) is 19.2. The first kappa shape index (κ1) is 18.1. The molecule has 6 heteroatoms. The van der Waals surface area contributed by atoms with Gasteiger partial charge in [-0.25, -0.2) is 0 Å². The fraction of sp³-hybridized carbons (Fsp3) is 0.250. The summed E-state index contributed by atoms with van der Waals surface area (Å²) >= 11 is 4.98. The largest absolute Gasteiger partial charge is 0.318 e. The maximum Gasteiger partial charge on any atom is 0.265 e. The molecule has 1 aromatic carbocycles. The lowest BCUT2D eigenvalue weighted by atomic mass is 10.1. The van der Waals surface area contributed by atoms with Crippen LogP contribution in [0.2, 0.25) is 0 Å². The van der Waals surface area contributed by atoms with E-state index in [-0.39, 0.29) is 10.7 Å². The number of benzene rings is 1. The van der Waals surface area contributed by atoms with Crippen LogP contribution in [-0.2, 0) is 9.59 Å². The molecule has 1 N–H and O–H groups in total. The van der Waals surface area contributed by atoms with Crippen LogP contribution in [0.5, 0.6) is 0 Å². The van der Waals surface area contributed by atoms with Crippen LogP contribution < -0.4 is 5.32 Å². The summed E-state index contributed by atoms with van der Waals surface area (Å²) < 4.78 is 2.15. The van der Waals surface area contributed by atoms with Crippen LogP contribution in [0.3, 0.4) is 0 Å². The number of likely N-dealkylation sites (N-methyl/N-ethyl adjacent to an activating group) is 1. The van der Waals surface area contributed by atoms with Gasteiger partial charge in [-0.15, -0.1) is 0 Å². The third-order valence-electron chi connectivity index (χ3n) is 4.68. The van der Waals surface area contributed by atoms with Crippen molar-refractivity contribution in [1.82, 2.24) is 14.8 Å². The molecule has 2 amide bonds. The van der Waals surface area contributed by atoms with Crippen LogP contribution in [0.15, 0.2) is 29.8 Å². The number of hydrogen-bond donors (Lipinski definition) is 1. The average molecular weight is 367 g/mol. The lowest BCUT2D eigenvalue weighted by Gasteiger charge is -2.25. The van der Waals surface area contributed by atoms with Crippen LogP contribution in [0.4, 0.5) is 0 Å². The number of thiocarbonyl (C=S) groups is 1. The van der Waals surface area contributed by atoms with Crippen molar-refractivity contribution < 1.29 is 9.59 Å². The summed E-state index contributed by atoms with van der Waals surface area (Å²) in [4.78, 5) is 25.9. The number of amides is 2. The molecule has 1 fully saturated rings. The lowest BCUT2D eigenvalue weighted by molar-refractivity contribution is -0.128. The lowest BCUT2D eigenvalue weighted by Crippen LogP contribution is -2.52. The number of nitrogens with one attached hydrogen (secondary N) is 1. The van der Waals surface area contributed by atoms with Gasteiger partial charge in [-0.1, -0.05) is 12.1 Å². The molecule has 0 bridgehead atoms. The zero-order valence-corrected chi connectivity index (χ0v) is 16.3. The summed E-state index contributed by atoms with van der Waals surface area (Å²) in [5, 5.41) is 2.66. The van der Waals surface area contributed by atoms with Gasteiger partial charge in [0.1, 0.15) is 5.57 Å². The number of carbonyl (C=O) groups is 2. The molecule has 3 rings (SSSR count). The summed E-state index contributed by atoms with van der Waals surface area (Å²) in [5.41, 5.74) is 6.37. The van der Waals surface area contributed by atoms with E-state index in [4.69, 9.17) is 12.2 Å². The first-order valence-electron chi connectivity index (χ1n) is 8.32. The van der Waals surface area contributed by atoms with Crippen molar-refractivity contribution in [3.8, 4) is 5.69 Å². The van der Waals surface area contributed by atoms with Crippen molar-refractivity contribution in [1.29, 1.82) is 0 Å². The van der Waals surface area contributed by atoms with Crippen molar-refractivity contribution in [2.45, 2.75) is 27.7 Å². The molecule has 2 aromatic rings. The third kappa shape index (κ3) is 2.97. The summed E-state index contributed by atoms with van der Waals surface area (Å²) in [6.45, 7) is 8.13. The van der Waals surface area contributed by atoms with Crippen LogP contribution in [-0.4, -0.2) is 33.4 Å². The number of carbonyl (C=O) groups excluding carboxylic acids is 2. The monoisotopic (exact) mass is 367 g/mol. The molecule has 1 aliphatic rings. The molecule has 26 heavy (non-hydrogen) atoms. The predicted octanol–water partition coefficient (Wildman–Crippen LogP) is 2.97. The van der Waals surface area contributed by atoms with Gasteiger partial charge in [-0.3, -0.25) is 19.8 Å². The van der Waals surface area contributed by atoms with Crippen molar-refractivity contribution in [2.75, 3.05) is 7.05 Å². The van der Waals surface area contributed by atoms with E-state index in [0.717, 1.165) is 28.2 Å². The molecule has 0 spiro atoms. The standard InChI is InChI=1S/C20H21N3O2S/c1-11-6-7-12(2)17(8-11)23-13(3)9-15(14(23)4)10-16-18(24)21-20(26)22(5)19(16)25/h6-10H,1-5H3,(H,21,24,26)/b16-10+. The quantitative estimate of drug-likeness (QED) is 0.504. The molecule has 0 aliphatic carbocycles. The first-order valence-corrected chi connectivity index (χ1v) is 8.73. The van der Waals surface area contributed by atoms with E-state index in [0.29, 0.717) is 0 Å². The van der Waals surface area contributed by atoms with E-state index in [1.165, 1.54) is 10.5 Å². The fourth-order valence-corrected chi connectivity index (χ4v) is 3.34.